The molecule has 0 aliphatic carbocycles. The van der Waals surface area contributed by atoms with Crippen molar-refractivity contribution in [3.63, 3.8) is 0 Å². The van der Waals surface area contributed by atoms with E-state index in [1.807, 2.05) is 42.5 Å². The molecule has 5 rings (SSSR count). The van der Waals surface area contributed by atoms with E-state index in [1.165, 1.54) is 0 Å². The van der Waals surface area contributed by atoms with Crippen molar-refractivity contribution < 1.29 is 13.9 Å². The first-order valence-electron chi connectivity index (χ1n) is 12.1. The molecule has 2 aromatic carbocycles. The van der Waals surface area contributed by atoms with E-state index in [9.17, 15) is 4.79 Å². The molecule has 0 unspecified atom stereocenters. The van der Waals surface area contributed by atoms with E-state index in [1.54, 1.807) is 25.2 Å². The monoisotopic (exact) mass is 503 g/mol. The van der Waals surface area contributed by atoms with E-state index in [4.69, 9.17) is 20.8 Å². The smallest absolute Gasteiger partial charge is 0.253 e. The zero-order chi connectivity index (χ0) is 25.4. The molecule has 2 aromatic heterocycles. The van der Waals surface area contributed by atoms with Crippen LogP contribution in [0.5, 0.6) is 0 Å². The third-order valence-electron chi connectivity index (χ3n) is 6.98. The molecule has 0 N–H and O–H groups in total. The van der Waals surface area contributed by atoms with Crippen molar-refractivity contribution in [2.24, 2.45) is 0 Å². The second-order valence-electron chi connectivity index (χ2n) is 9.81. The van der Waals surface area contributed by atoms with Gasteiger partial charge in [-0.05, 0) is 49.2 Å². The summed E-state index contributed by atoms with van der Waals surface area (Å²) in [7, 11) is 3.48. The van der Waals surface area contributed by atoms with Crippen molar-refractivity contribution in [3.05, 3.63) is 76.9 Å². The lowest BCUT2D eigenvalue weighted by molar-refractivity contribution is -0.0117. The van der Waals surface area contributed by atoms with E-state index in [2.05, 4.69) is 35.9 Å². The molecule has 1 aliphatic heterocycles. The molecule has 1 fully saturated rings. The molecule has 3 heterocycles. The van der Waals surface area contributed by atoms with E-state index in [0.717, 1.165) is 59.1 Å². The van der Waals surface area contributed by atoms with Gasteiger partial charge in [0.1, 0.15) is 11.3 Å². The number of aromatic nitrogens is 1. The molecule has 0 atom stereocenters. The summed E-state index contributed by atoms with van der Waals surface area (Å²) in [5.74, 6) is 0.664. The molecule has 4 aromatic rings. The van der Waals surface area contributed by atoms with Crippen molar-refractivity contribution >= 4 is 28.6 Å². The van der Waals surface area contributed by atoms with Crippen molar-refractivity contribution in [2.75, 3.05) is 40.4 Å². The Morgan fingerprint density at radius 3 is 2.36 bits per heavy atom. The predicted molar refractivity (Wildman–Crippen MR) is 143 cm³/mol. The van der Waals surface area contributed by atoms with Gasteiger partial charge in [0.25, 0.3) is 5.91 Å². The maximum absolute atomic E-state index is 12.2. The van der Waals surface area contributed by atoms with Crippen LogP contribution in [0.1, 0.15) is 29.8 Å². The fraction of sp³-hybridized carbons (Fsp3) is 0.310. The molecule has 0 radical (unpaired) electrons. The molecule has 0 bridgehead atoms. The fourth-order valence-corrected chi connectivity index (χ4v) is 5.23. The molecule has 1 amide bonds. The van der Waals surface area contributed by atoms with Crippen LogP contribution in [0, 0.1) is 0 Å². The van der Waals surface area contributed by atoms with Gasteiger partial charge in [0.15, 0.2) is 5.58 Å². The lowest BCUT2D eigenvalue weighted by Gasteiger charge is -2.41. The van der Waals surface area contributed by atoms with Crippen LogP contribution >= 0.6 is 11.6 Å². The molecule has 1 saturated heterocycles. The summed E-state index contributed by atoms with van der Waals surface area (Å²) in [6.07, 6.45) is 1.79. The zero-order valence-electron chi connectivity index (χ0n) is 21.0. The fourth-order valence-electron chi connectivity index (χ4n) is 4.81. The minimum absolute atomic E-state index is 0.0350. The van der Waals surface area contributed by atoms with Gasteiger partial charge in [0, 0.05) is 66.7 Å². The number of halogens is 1. The van der Waals surface area contributed by atoms with Crippen molar-refractivity contribution in [2.45, 2.75) is 19.4 Å². The van der Waals surface area contributed by atoms with Crippen LogP contribution in [0.25, 0.3) is 33.6 Å². The average Bonchev–Trinajstić information content (AvgIpc) is 3.33. The van der Waals surface area contributed by atoms with Crippen LogP contribution in [-0.4, -0.2) is 61.1 Å². The van der Waals surface area contributed by atoms with Crippen molar-refractivity contribution in [3.8, 4) is 22.5 Å². The van der Waals surface area contributed by atoms with Crippen molar-refractivity contribution in [1.29, 1.82) is 0 Å². The van der Waals surface area contributed by atoms with Crippen LogP contribution in [-0.2, 0) is 10.3 Å². The first-order chi connectivity index (χ1) is 17.3. The third kappa shape index (κ3) is 4.52. The normalized spacial score (nSPS) is 14.8. The summed E-state index contributed by atoms with van der Waals surface area (Å²) in [6.45, 7) is 7.67. The topological polar surface area (TPSA) is 58.8 Å². The van der Waals surface area contributed by atoms with Gasteiger partial charge in [-0.1, -0.05) is 35.9 Å². The Kier molecular flexibility index (Phi) is 6.60. The zero-order valence-corrected chi connectivity index (χ0v) is 21.8. The summed E-state index contributed by atoms with van der Waals surface area (Å²) in [5, 5.41) is 0.724. The maximum atomic E-state index is 12.2. The average molecular weight is 504 g/mol. The number of furan rings is 1. The highest BCUT2D eigenvalue weighted by Gasteiger charge is 2.32. The Balaban J connectivity index is 1.48. The lowest BCUT2D eigenvalue weighted by atomic mass is 9.90. The van der Waals surface area contributed by atoms with Crippen LogP contribution in [0.15, 0.2) is 65.2 Å². The SMILES string of the molecule is CN(C)C(=O)c1ccc(-c2cc3nccc(-c4ccc(C(C)(C)N5CCOCC5)c(Cl)c4)c3o2)cc1. The van der Waals surface area contributed by atoms with Gasteiger partial charge in [-0.25, -0.2) is 0 Å². The molecule has 0 saturated carbocycles. The molecular weight excluding hydrogens is 474 g/mol. The Labute approximate surface area is 216 Å². The highest BCUT2D eigenvalue weighted by atomic mass is 35.5. The highest BCUT2D eigenvalue weighted by Crippen LogP contribution is 2.38. The Hall–Kier alpha value is -3.19. The third-order valence-corrected chi connectivity index (χ3v) is 7.29. The van der Waals surface area contributed by atoms with E-state index in [0.29, 0.717) is 16.9 Å². The summed E-state index contributed by atoms with van der Waals surface area (Å²) < 4.78 is 11.8. The van der Waals surface area contributed by atoms with Gasteiger partial charge in [-0.2, -0.15) is 0 Å². The van der Waals surface area contributed by atoms with Gasteiger partial charge >= 0.3 is 0 Å². The van der Waals surface area contributed by atoms with Gasteiger partial charge < -0.3 is 14.1 Å². The van der Waals surface area contributed by atoms with Crippen LogP contribution in [0.3, 0.4) is 0 Å². The second kappa shape index (κ2) is 9.69. The largest absolute Gasteiger partial charge is 0.454 e. The number of carbonyl (C=O) groups is 1. The van der Waals surface area contributed by atoms with Crippen LogP contribution < -0.4 is 0 Å². The number of amides is 1. The number of rotatable bonds is 5. The maximum Gasteiger partial charge on any atom is 0.253 e. The minimum Gasteiger partial charge on any atom is -0.454 e. The molecule has 1 aliphatic rings. The number of ether oxygens (including phenoxy) is 1. The van der Waals surface area contributed by atoms with Gasteiger partial charge in [0.2, 0.25) is 0 Å². The Morgan fingerprint density at radius 2 is 1.69 bits per heavy atom. The summed E-state index contributed by atoms with van der Waals surface area (Å²) in [6, 6.07) is 17.5. The second-order valence-corrected chi connectivity index (χ2v) is 10.2. The molecule has 7 heteroatoms. The number of pyridine rings is 1. The highest BCUT2D eigenvalue weighted by molar-refractivity contribution is 6.31. The molecular formula is C29H30ClN3O3. The number of carbonyl (C=O) groups excluding carboxylic acids is 1. The molecule has 186 valence electrons. The Morgan fingerprint density at radius 1 is 1.00 bits per heavy atom. The minimum atomic E-state index is -0.203. The molecule has 0 spiro atoms. The lowest BCUT2D eigenvalue weighted by Crippen LogP contribution is -2.48. The number of fused-ring (bicyclic) bond motifs is 1. The van der Waals surface area contributed by atoms with E-state index < -0.39 is 0 Å². The summed E-state index contributed by atoms with van der Waals surface area (Å²) >= 11 is 6.86. The standard InChI is InChI=1S/C29H30ClN3O3/c1-29(2,33-13-15-35-16-14-33)23-10-9-21(17-24(23)30)22-11-12-31-25-18-26(36-27(22)25)19-5-7-20(8-6-19)28(34)32(3)4/h5-12,17-18H,13-16H2,1-4H3. The summed E-state index contributed by atoms with van der Waals surface area (Å²) in [5.41, 5.74) is 5.79. The van der Waals surface area contributed by atoms with Gasteiger partial charge in [-0.3, -0.25) is 14.7 Å². The van der Waals surface area contributed by atoms with E-state index >= 15 is 0 Å². The van der Waals surface area contributed by atoms with Crippen LogP contribution in [0.4, 0.5) is 0 Å². The number of morpholine rings is 1. The number of nitrogens with zero attached hydrogens (tertiary/aromatic N) is 3. The summed E-state index contributed by atoms with van der Waals surface area (Å²) in [4.78, 5) is 20.7. The molecule has 6 nitrogen and oxygen atoms in total. The van der Waals surface area contributed by atoms with Crippen molar-refractivity contribution in [1.82, 2.24) is 14.8 Å². The number of hydrogen-bond donors (Lipinski definition) is 0. The molecule has 36 heavy (non-hydrogen) atoms. The first-order valence-corrected chi connectivity index (χ1v) is 12.5. The number of hydrogen-bond acceptors (Lipinski definition) is 5. The van der Waals surface area contributed by atoms with E-state index in [-0.39, 0.29) is 11.4 Å². The van der Waals surface area contributed by atoms with Gasteiger partial charge in [-0.15, -0.1) is 0 Å². The number of benzene rings is 2. The Bertz CT molecular complexity index is 1400. The van der Waals surface area contributed by atoms with Gasteiger partial charge in [0.05, 0.1) is 13.2 Å². The van der Waals surface area contributed by atoms with Crippen LogP contribution in [0.2, 0.25) is 5.02 Å². The first kappa shape index (κ1) is 24.5. The predicted octanol–water partition coefficient (Wildman–Crippen LogP) is 6.08. The quantitative estimate of drug-likeness (QED) is 0.330.